The summed E-state index contributed by atoms with van der Waals surface area (Å²) in [5.41, 5.74) is 5.93. The van der Waals surface area contributed by atoms with Gasteiger partial charge in [0.15, 0.2) is 5.82 Å². The monoisotopic (exact) mass is 406 g/mol. The molecule has 2 aliphatic rings. The Morgan fingerprint density at radius 2 is 2.17 bits per heavy atom. The van der Waals surface area contributed by atoms with Crippen LogP contribution in [-0.4, -0.2) is 28.8 Å². The second-order valence-electron chi connectivity index (χ2n) is 7.39. The number of fused-ring (bicyclic) bond motifs is 2. The van der Waals surface area contributed by atoms with Gasteiger partial charge in [-0.1, -0.05) is 0 Å². The van der Waals surface area contributed by atoms with Crippen molar-refractivity contribution in [3.05, 3.63) is 59.7 Å². The zero-order chi connectivity index (χ0) is 20.9. The van der Waals surface area contributed by atoms with Crippen molar-refractivity contribution < 1.29 is 13.5 Å². The maximum Gasteiger partial charge on any atom is 0.283 e. The fraction of sp³-hybridized carbons (Fsp3) is 0.238. The molecule has 5 rings (SSSR count). The number of hydrogen-bond acceptors (Lipinski definition) is 7. The number of aromatic nitrogens is 2. The van der Waals surface area contributed by atoms with Gasteiger partial charge in [0.1, 0.15) is 35.7 Å². The van der Waals surface area contributed by atoms with Crippen molar-refractivity contribution in [1.29, 1.82) is 5.26 Å². The summed E-state index contributed by atoms with van der Waals surface area (Å²) in [5, 5.41) is 12.9. The summed E-state index contributed by atoms with van der Waals surface area (Å²) >= 11 is 0. The molecular weight excluding hydrogens is 390 g/mol. The van der Waals surface area contributed by atoms with Gasteiger partial charge in [-0.3, -0.25) is 4.98 Å². The first-order chi connectivity index (χ1) is 14.5. The summed E-state index contributed by atoms with van der Waals surface area (Å²) in [5.74, 6) is -0.394. The van der Waals surface area contributed by atoms with E-state index in [2.05, 4.69) is 20.3 Å². The third-order valence-corrected chi connectivity index (χ3v) is 5.55. The van der Waals surface area contributed by atoms with Crippen LogP contribution >= 0.6 is 0 Å². The molecule has 2 aromatic heterocycles. The fourth-order valence-electron chi connectivity index (χ4n) is 4.01. The number of alkyl halides is 1. The lowest BCUT2D eigenvalue weighted by Crippen LogP contribution is -2.39. The van der Waals surface area contributed by atoms with E-state index in [1.54, 1.807) is 18.3 Å². The van der Waals surface area contributed by atoms with Crippen molar-refractivity contribution in [3.8, 4) is 6.07 Å². The van der Waals surface area contributed by atoms with Crippen LogP contribution in [0.5, 0.6) is 0 Å². The molecule has 0 amide bonds. The van der Waals surface area contributed by atoms with Gasteiger partial charge in [0, 0.05) is 34.9 Å². The molecule has 1 fully saturated rings. The van der Waals surface area contributed by atoms with E-state index in [0.29, 0.717) is 29.0 Å². The topological polar surface area (TPSA) is 109 Å². The van der Waals surface area contributed by atoms with Gasteiger partial charge in [-0.05, 0) is 36.8 Å². The second-order valence-corrected chi connectivity index (χ2v) is 7.39. The Hall–Kier alpha value is -3.80. The predicted octanol–water partition coefficient (Wildman–Crippen LogP) is 3.28. The van der Waals surface area contributed by atoms with Crippen LogP contribution in [0.3, 0.4) is 0 Å². The summed E-state index contributed by atoms with van der Waals surface area (Å²) in [6, 6.07) is 9.69. The van der Waals surface area contributed by atoms with Gasteiger partial charge in [-0.25, -0.2) is 18.8 Å². The molecule has 1 aliphatic heterocycles. The van der Waals surface area contributed by atoms with Gasteiger partial charge in [0.2, 0.25) is 0 Å². The van der Waals surface area contributed by atoms with Crippen molar-refractivity contribution in [1.82, 2.24) is 9.97 Å². The number of nitrogens with zero attached hydrogens (tertiary/aromatic N) is 4. The average molecular weight is 406 g/mol. The van der Waals surface area contributed by atoms with Gasteiger partial charge in [-0.2, -0.15) is 5.26 Å². The Labute approximate surface area is 170 Å². The number of benzene rings is 1. The van der Waals surface area contributed by atoms with Gasteiger partial charge in [0.25, 0.3) is 6.02 Å². The summed E-state index contributed by atoms with van der Waals surface area (Å²) in [6.07, 6.45) is 3.36. The van der Waals surface area contributed by atoms with Gasteiger partial charge < -0.3 is 15.8 Å². The number of anilines is 2. The molecule has 3 N–H and O–H groups in total. The zero-order valence-electron chi connectivity index (χ0n) is 15.6. The molecule has 7 nitrogen and oxygen atoms in total. The van der Waals surface area contributed by atoms with Crippen molar-refractivity contribution in [2.24, 2.45) is 16.6 Å². The highest BCUT2D eigenvalue weighted by molar-refractivity contribution is 5.90. The Balaban J connectivity index is 1.56. The smallest absolute Gasteiger partial charge is 0.283 e. The van der Waals surface area contributed by atoms with E-state index in [4.69, 9.17) is 15.7 Å². The Bertz CT molecular complexity index is 1240. The number of nitriles is 1. The minimum absolute atomic E-state index is 0.119. The maximum atomic E-state index is 14.8. The molecule has 0 radical (unpaired) electrons. The number of nitrogens with one attached hydrogen (secondary N) is 1. The lowest BCUT2D eigenvalue weighted by Gasteiger charge is -2.31. The minimum Gasteiger partial charge on any atom is -0.462 e. The van der Waals surface area contributed by atoms with Gasteiger partial charge >= 0.3 is 0 Å². The van der Waals surface area contributed by atoms with E-state index in [1.807, 2.05) is 6.07 Å². The molecule has 3 heterocycles. The number of amidine groups is 1. The normalized spacial score (nSPS) is 24.4. The fourth-order valence-corrected chi connectivity index (χ4v) is 4.01. The standard InChI is InChI=1S/C21H16F2N6O/c22-10-21(15-7-17(15)30-20(25)29-21)14-6-13(1-2-16(14)23)28-19-18-12(3-4-26-19)5-11(8-24)9-27-18/h1-6,9,15,17H,7,10H2,(H2,25,29)(H,26,28)/t15?,17-,21-/m1/s1. The number of halogens is 2. The van der Waals surface area contributed by atoms with E-state index < -0.39 is 18.0 Å². The molecule has 30 heavy (non-hydrogen) atoms. The molecule has 3 aromatic rings. The van der Waals surface area contributed by atoms with Crippen molar-refractivity contribution >= 4 is 28.4 Å². The highest BCUT2D eigenvalue weighted by Gasteiger charge is 2.60. The zero-order valence-corrected chi connectivity index (χ0v) is 15.6. The first-order valence-corrected chi connectivity index (χ1v) is 9.34. The first-order valence-electron chi connectivity index (χ1n) is 9.34. The lowest BCUT2D eigenvalue weighted by atomic mass is 9.85. The molecule has 9 heteroatoms. The third-order valence-electron chi connectivity index (χ3n) is 5.55. The van der Waals surface area contributed by atoms with E-state index in [1.165, 1.54) is 24.4 Å². The number of ether oxygens (including phenoxy) is 1. The first kappa shape index (κ1) is 18.2. The molecule has 1 aromatic carbocycles. The quantitative estimate of drug-likeness (QED) is 0.688. The van der Waals surface area contributed by atoms with Crippen LogP contribution in [0.1, 0.15) is 17.5 Å². The third kappa shape index (κ3) is 2.80. The number of rotatable bonds is 4. The summed E-state index contributed by atoms with van der Waals surface area (Å²) < 4.78 is 34.4. The maximum absolute atomic E-state index is 14.8. The van der Waals surface area contributed by atoms with Crippen LogP contribution < -0.4 is 11.1 Å². The minimum atomic E-state index is -1.40. The van der Waals surface area contributed by atoms with Gasteiger partial charge in [0.05, 0.1) is 5.56 Å². The molecule has 1 saturated carbocycles. The number of hydrogen-bond donors (Lipinski definition) is 2. The predicted molar refractivity (Wildman–Crippen MR) is 106 cm³/mol. The van der Waals surface area contributed by atoms with Crippen molar-refractivity contribution in [2.45, 2.75) is 18.1 Å². The number of aliphatic imine (C=N–C) groups is 1. The molecule has 150 valence electrons. The molecule has 3 atom stereocenters. The molecule has 1 aliphatic carbocycles. The molecule has 0 spiro atoms. The Morgan fingerprint density at radius 1 is 1.30 bits per heavy atom. The van der Waals surface area contributed by atoms with E-state index in [0.717, 1.165) is 5.39 Å². The lowest BCUT2D eigenvalue weighted by molar-refractivity contribution is 0.168. The van der Waals surface area contributed by atoms with E-state index in [9.17, 15) is 8.78 Å². The number of nitrogens with two attached hydrogens (primary N) is 1. The van der Waals surface area contributed by atoms with E-state index >= 15 is 0 Å². The molecule has 0 bridgehead atoms. The van der Waals surface area contributed by atoms with Crippen LogP contribution in [0.2, 0.25) is 0 Å². The Kier molecular flexibility index (Phi) is 4.03. The number of pyridine rings is 2. The van der Waals surface area contributed by atoms with Crippen molar-refractivity contribution in [3.63, 3.8) is 0 Å². The summed E-state index contributed by atoms with van der Waals surface area (Å²) in [4.78, 5) is 12.8. The molecule has 0 saturated heterocycles. The molecule has 1 unspecified atom stereocenters. The van der Waals surface area contributed by atoms with Crippen molar-refractivity contribution in [2.75, 3.05) is 12.0 Å². The summed E-state index contributed by atoms with van der Waals surface area (Å²) in [6.45, 7) is -0.885. The highest BCUT2D eigenvalue weighted by Crippen LogP contribution is 2.53. The Morgan fingerprint density at radius 3 is 2.97 bits per heavy atom. The van der Waals surface area contributed by atoms with E-state index in [-0.39, 0.29) is 23.6 Å². The second kappa shape index (κ2) is 6.62. The van der Waals surface area contributed by atoms with Crippen LogP contribution in [-0.2, 0) is 10.3 Å². The largest absolute Gasteiger partial charge is 0.462 e. The average Bonchev–Trinajstić information content (AvgIpc) is 3.54. The highest BCUT2D eigenvalue weighted by atomic mass is 19.1. The SMILES string of the molecule is N#Cc1cnc2c(Nc3ccc(F)c([C@@]4(CF)N=C(N)O[C@@H]5CC54)c3)nccc2c1. The van der Waals surface area contributed by atoms with Crippen LogP contribution in [0, 0.1) is 23.1 Å². The molecular formula is C21H16F2N6O. The summed E-state index contributed by atoms with van der Waals surface area (Å²) in [7, 11) is 0. The van der Waals surface area contributed by atoms with Crippen LogP contribution in [0.25, 0.3) is 10.9 Å². The van der Waals surface area contributed by atoms with Crippen LogP contribution in [0.15, 0.2) is 47.7 Å². The van der Waals surface area contributed by atoms with Crippen LogP contribution in [0.4, 0.5) is 20.3 Å². The van der Waals surface area contributed by atoms with Gasteiger partial charge in [-0.15, -0.1) is 0 Å².